The van der Waals surface area contributed by atoms with Gasteiger partial charge in [-0.15, -0.1) is 0 Å². The van der Waals surface area contributed by atoms with Gasteiger partial charge in [0.05, 0.1) is 15.4 Å². The average molecular weight is 209 g/mol. The van der Waals surface area contributed by atoms with Crippen LogP contribution in [-0.2, 0) is 0 Å². The molecular weight excluding hydrogens is 202 g/mol. The first-order valence-electron chi connectivity index (χ1n) is 3.93. The van der Waals surface area contributed by atoms with Gasteiger partial charge in [0.1, 0.15) is 6.20 Å². The predicted molar refractivity (Wildman–Crippen MR) is 51.5 cm³/mol. The molecule has 0 unspecified atom stereocenters. The molecule has 0 atom stereocenters. The summed E-state index contributed by atoms with van der Waals surface area (Å²) in [4.78, 5) is 23.2. The van der Waals surface area contributed by atoms with Crippen molar-refractivity contribution in [3.05, 3.63) is 49.9 Å². The molecule has 0 aromatic carbocycles. The Morgan fingerprint density at radius 3 is 2.67 bits per heavy atom. The van der Waals surface area contributed by atoms with E-state index in [2.05, 4.69) is 4.98 Å². The van der Waals surface area contributed by atoms with Gasteiger partial charge in [0, 0.05) is 19.2 Å². The molecule has 0 saturated carbocycles. The Kier molecular flexibility index (Phi) is 3.06. The van der Waals surface area contributed by atoms with Crippen LogP contribution in [0, 0.1) is 20.2 Å². The number of aromatic nitrogens is 1. The fraction of sp³-hybridized carbons (Fsp3) is 0.125. The van der Waals surface area contributed by atoms with Gasteiger partial charge in [0.2, 0.25) is 5.70 Å². The van der Waals surface area contributed by atoms with Crippen molar-refractivity contribution in [2.45, 2.75) is 6.92 Å². The van der Waals surface area contributed by atoms with Crippen molar-refractivity contribution < 1.29 is 9.85 Å². The molecule has 1 rings (SSSR count). The number of hydrogen-bond acceptors (Lipinski definition) is 5. The summed E-state index contributed by atoms with van der Waals surface area (Å²) in [5.74, 6) is 0. The lowest BCUT2D eigenvalue weighted by Gasteiger charge is -1.95. The first-order chi connectivity index (χ1) is 7.02. The Labute approximate surface area is 84.4 Å². The van der Waals surface area contributed by atoms with Crippen LogP contribution in [0.5, 0.6) is 0 Å². The molecule has 0 bridgehead atoms. The zero-order chi connectivity index (χ0) is 11.4. The monoisotopic (exact) mass is 209 g/mol. The summed E-state index contributed by atoms with van der Waals surface area (Å²) in [6.45, 7) is 1.27. The highest BCUT2D eigenvalue weighted by molar-refractivity contribution is 5.60. The van der Waals surface area contributed by atoms with E-state index in [-0.39, 0.29) is 16.9 Å². The summed E-state index contributed by atoms with van der Waals surface area (Å²) in [6, 6.07) is 1.35. The second-order valence-corrected chi connectivity index (χ2v) is 2.73. The number of allylic oxidation sites excluding steroid dienone is 1. The molecule has 0 aliphatic carbocycles. The average Bonchev–Trinajstić information content (AvgIpc) is 2.18. The summed E-state index contributed by atoms with van der Waals surface area (Å²) in [5.41, 5.74) is -0.243. The van der Waals surface area contributed by atoms with Crippen molar-refractivity contribution in [2.75, 3.05) is 0 Å². The van der Waals surface area contributed by atoms with Gasteiger partial charge in [0.25, 0.3) is 5.69 Å². The third kappa shape index (κ3) is 2.56. The van der Waals surface area contributed by atoms with Crippen LogP contribution >= 0.6 is 0 Å². The molecule has 0 radical (unpaired) electrons. The highest BCUT2D eigenvalue weighted by atomic mass is 16.6. The summed E-state index contributed by atoms with van der Waals surface area (Å²) < 4.78 is 0. The van der Waals surface area contributed by atoms with Crippen LogP contribution in [0.15, 0.2) is 24.2 Å². The van der Waals surface area contributed by atoms with Gasteiger partial charge in [-0.1, -0.05) is 0 Å². The Morgan fingerprint density at radius 1 is 1.47 bits per heavy atom. The normalized spacial score (nSPS) is 11.1. The minimum Gasteiger partial charge on any atom is -0.259 e. The molecule has 0 fully saturated rings. The summed E-state index contributed by atoms with van der Waals surface area (Å²) >= 11 is 0. The fourth-order valence-corrected chi connectivity index (χ4v) is 0.949. The lowest BCUT2D eigenvalue weighted by Crippen LogP contribution is -1.96. The molecule has 0 amide bonds. The van der Waals surface area contributed by atoms with Crippen LogP contribution in [0.4, 0.5) is 5.69 Å². The molecule has 0 N–H and O–H groups in total. The van der Waals surface area contributed by atoms with Gasteiger partial charge in [-0.05, 0) is 6.07 Å². The van der Waals surface area contributed by atoms with E-state index in [0.29, 0.717) is 0 Å². The maximum atomic E-state index is 10.5. The van der Waals surface area contributed by atoms with E-state index in [1.54, 1.807) is 0 Å². The molecule has 78 valence electrons. The van der Waals surface area contributed by atoms with Crippen molar-refractivity contribution >= 4 is 11.8 Å². The molecule has 7 heteroatoms. The van der Waals surface area contributed by atoms with Crippen LogP contribution in [0.3, 0.4) is 0 Å². The van der Waals surface area contributed by atoms with Crippen LogP contribution in [-0.4, -0.2) is 14.8 Å². The molecule has 1 heterocycles. The van der Waals surface area contributed by atoms with E-state index >= 15 is 0 Å². The highest BCUT2D eigenvalue weighted by Crippen LogP contribution is 2.19. The molecule has 0 aliphatic heterocycles. The standard InChI is InChI=1S/C8H7N3O4/c1-6(10(12)13)4-7-2-3-9-5-8(7)11(14)15/h2-5H,1H3/b6-4-. The highest BCUT2D eigenvalue weighted by Gasteiger charge is 2.13. The van der Waals surface area contributed by atoms with Crippen LogP contribution in [0.25, 0.3) is 6.08 Å². The molecular formula is C8H7N3O4. The van der Waals surface area contributed by atoms with Crippen LogP contribution < -0.4 is 0 Å². The second-order valence-electron chi connectivity index (χ2n) is 2.73. The zero-order valence-corrected chi connectivity index (χ0v) is 7.78. The maximum absolute atomic E-state index is 10.5. The van der Waals surface area contributed by atoms with Crippen molar-refractivity contribution in [2.24, 2.45) is 0 Å². The molecule has 15 heavy (non-hydrogen) atoms. The van der Waals surface area contributed by atoms with Crippen molar-refractivity contribution in [1.82, 2.24) is 4.98 Å². The topological polar surface area (TPSA) is 99.2 Å². The van der Waals surface area contributed by atoms with Gasteiger partial charge in [-0.2, -0.15) is 0 Å². The molecule has 1 aromatic rings. The number of nitrogens with zero attached hydrogens (tertiary/aromatic N) is 3. The number of rotatable bonds is 3. The molecule has 0 spiro atoms. The van der Waals surface area contributed by atoms with Gasteiger partial charge in [-0.3, -0.25) is 25.2 Å². The molecule has 1 aromatic heterocycles. The summed E-state index contributed by atoms with van der Waals surface area (Å²) in [7, 11) is 0. The van der Waals surface area contributed by atoms with E-state index in [1.807, 2.05) is 0 Å². The van der Waals surface area contributed by atoms with E-state index in [4.69, 9.17) is 0 Å². The van der Waals surface area contributed by atoms with Crippen molar-refractivity contribution in [3.8, 4) is 0 Å². The Morgan fingerprint density at radius 2 is 2.13 bits per heavy atom. The van der Waals surface area contributed by atoms with Gasteiger partial charge in [-0.25, -0.2) is 0 Å². The first kappa shape index (κ1) is 10.8. The van der Waals surface area contributed by atoms with Gasteiger partial charge in [0.15, 0.2) is 0 Å². The van der Waals surface area contributed by atoms with E-state index in [0.717, 1.165) is 12.3 Å². The van der Waals surface area contributed by atoms with Gasteiger partial charge >= 0.3 is 0 Å². The zero-order valence-electron chi connectivity index (χ0n) is 7.78. The lowest BCUT2D eigenvalue weighted by molar-refractivity contribution is -0.422. The first-order valence-corrected chi connectivity index (χ1v) is 3.93. The number of pyridine rings is 1. The van der Waals surface area contributed by atoms with E-state index in [9.17, 15) is 20.2 Å². The van der Waals surface area contributed by atoms with E-state index in [1.165, 1.54) is 19.2 Å². The number of nitro groups is 2. The smallest absolute Gasteiger partial charge is 0.259 e. The number of hydrogen-bond donors (Lipinski definition) is 0. The third-order valence-electron chi connectivity index (χ3n) is 1.68. The maximum Gasteiger partial charge on any atom is 0.294 e. The fourth-order valence-electron chi connectivity index (χ4n) is 0.949. The predicted octanol–water partition coefficient (Wildman–Crippen LogP) is 1.63. The second kappa shape index (κ2) is 4.27. The van der Waals surface area contributed by atoms with Crippen LogP contribution in [0.2, 0.25) is 0 Å². The Bertz CT molecular complexity index is 441. The lowest BCUT2D eigenvalue weighted by atomic mass is 10.2. The van der Waals surface area contributed by atoms with Crippen molar-refractivity contribution in [3.63, 3.8) is 0 Å². The quantitative estimate of drug-likeness (QED) is 0.556. The minimum atomic E-state index is -0.633. The van der Waals surface area contributed by atoms with Crippen LogP contribution in [0.1, 0.15) is 12.5 Å². The summed E-state index contributed by atoms with van der Waals surface area (Å²) in [6.07, 6.45) is 3.53. The third-order valence-corrected chi connectivity index (χ3v) is 1.68. The Hall–Kier alpha value is -2.31. The largest absolute Gasteiger partial charge is 0.294 e. The molecule has 7 nitrogen and oxygen atoms in total. The van der Waals surface area contributed by atoms with Gasteiger partial charge < -0.3 is 0 Å². The molecule has 0 saturated heterocycles. The van der Waals surface area contributed by atoms with Crippen molar-refractivity contribution in [1.29, 1.82) is 0 Å². The minimum absolute atomic E-state index is 0.163. The summed E-state index contributed by atoms with van der Waals surface area (Å²) in [5, 5.41) is 20.9. The van der Waals surface area contributed by atoms with E-state index < -0.39 is 9.85 Å². The SMILES string of the molecule is C/C(=C/c1ccncc1[N+](=O)[O-])[N+](=O)[O-]. The molecule has 0 aliphatic rings. The Balaban J connectivity index is 3.20.